The van der Waals surface area contributed by atoms with Gasteiger partial charge in [0.05, 0.1) is 0 Å². The summed E-state index contributed by atoms with van der Waals surface area (Å²) in [7, 11) is 0. The van der Waals surface area contributed by atoms with Crippen LogP contribution in [0.3, 0.4) is 0 Å². The number of ketones is 1. The van der Waals surface area contributed by atoms with Gasteiger partial charge in [-0.05, 0) is 32.4 Å². The average Bonchev–Trinajstić information content (AvgIpc) is 2.22. The van der Waals surface area contributed by atoms with Crippen LogP contribution in [0.2, 0.25) is 0 Å². The molecule has 0 bridgehead atoms. The van der Waals surface area contributed by atoms with Crippen molar-refractivity contribution in [1.82, 2.24) is 0 Å². The number of carbonyl (C=O) groups excluding carboxylic acids is 1. The number of hydrogen-bond donors (Lipinski definition) is 1. The van der Waals surface area contributed by atoms with Gasteiger partial charge in [0.2, 0.25) is 0 Å². The molecule has 1 rings (SSSR count). The molecule has 0 heterocycles. The number of carbonyl (C=O) groups is 1. The predicted octanol–water partition coefficient (Wildman–Crippen LogP) is 3.10. The number of rotatable bonds is 2. The lowest BCUT2D eigenvalue weighted by molar-refractivity contribution is -0.124. The van der Waals surface area contributed by atoms with Gasteiger partial charge in [0.1, 0.15) is 6.10 Å². The highest BCUT2D eigenvalue weighted by molar-refractivity contribution is 9.10. The topological polar surface area (TPSA) is 37.3 Å². The number of benzene rings is 1. The van der Waals surface area contributed by atoms with Crippen molar-refractivity contribution in [2.45, 2.75) is 33.3 Å². The van der Waals surface area contributed by atoms with Crippen LogP contribution in [0.25, 0.3) is 0 Å². The van der Waals surface area contributed by atoms with Crippen LogP contribution in [0.15, 0.2) is 28.7 Å². The van der Waals surface area contributed by atoms with Gasteiger partial charge in [-0.2, -0.15) is 0 Å². The van der Waals surface area contributed by atoms with E-state index < -0.39 is 6.10 Å². The molecule has 0 fully saturated rings. The first-order valence-corrected chi connectivity index (χ1v) is 5.67. The number of hydrogen-bond acceptors (Lipinski definition) is 2. The first-order chi connectivity index (χ1) is 6.97. The minimum atomic E-state index is -0.736. The maximum atomic E-state index is 10.1. The zero-order valence-electron chi connectivity index (χ0n) is 9.33. The van der Waals surface area contributed by atoms with Crippen LogP contribution >= 0.6 is 15.9 Å². The molecule has 0 aliphatic heterocycles. The van der Waals surface area contributed by atoms with Crippen LogP contribution in [0.5, 0.6) is 0 Å². The molecule has 1 aromatic carbocycles. The molecular formula is C12H17BrO2. The summed E-state index contributed by atoms with van der Waals surface area (Å²) in [5, 5.41) is 8.59. The highest BCUT2D eigenvalue weighted by atomic mass is 79.9. The number of aliphatic hydroxyl groups is 1. The third-order valence-corrected chi connectivity index (χ3v) is 2.40. The van der Waals surface area contributed by atoms with E-state index in [9.17, 15) is 4.79 Å². The zero-order valence-corrected chi connectivity index (χ0v) is 10.9. The highest BCUT2D eigenvalue weighted by Gasteiger charge is 2.03. The van der Waals surface area contributed by atoms with E-state index in [0.717, 1.165) is 4.47 Å². The lowest BCUT2D eigenvalue weighted by Gasteiger charge is -1.97. The molecule has 1 unspecified atom stereocenters. The molecule has 1 aromatic rings. The molecular weight excluding hydrogens is 256 g/mol. The standard InChI is InChI=1S/C7H7Br.C5H10O2/c1-6-2-4-7(8)5-3-6;1-3-5(7)4(2)6/h2-5H,1H3;5,7H,3H2,1-2H3. The summed E-state index contributed by atoms with van der Waals surface area (Å²) >= 11 is 3.35. The number of aliphatic hydroxyl groups excluding tert-OH is 1. The Bertz CT molecular complexity index is 272. The number of halogens is 1. The number of aryl methyl sites for hydroxylation is 1. The molecule has 0 aliphatic rings. The van der Waals surface area contributed by atoms with Gasteiger partial charge >= 0.3 is 0 Å². The van der Waals surface area contributed by atoms with Gasteiger partial charge in [0.15, 0.2) is 5.78 Å². The van der Waals surface area contributed by atoms with Crippen molar-refractivity contribution in [3.05, 3.63) is 34.3 Å². The summed E-state index contributed by atoms with van der Waals surface area (Å²) in [6.45, 7) is 5.23. The smallest absolute Gasteiger partial charge is 0.158 e. The summed E-state index contributed by atoms with van der Waals surface area (Å²) in [4.78, 5) is 10.1. The maximum Gasteiger partial charge on any atom is 0.158 e. The normalized spacial score (nSPS) is 11.3. The molecule has 84 valence electrons. The van der Waals surface area contributed by atoms with Crippen LogP contribution in [0.4, 0.5) is 0 Å². The quantitative estimate of drug-likeness (QED) is 0.899. The molecule has 0 aliphatic carbocycles. The predicted molar refractivity (Wildman–Crippen MR) is 65.9 cm³/mol. The van der Waals surface area contributed by atoms with Crippen molar-refractivity contribution in [1.29, 1.82) is 0 Å². The fraction of sp³-hybridized carbons (Fsp3) is 0.417. The van der Waals surface area contributed by atoms with Gasteiger partial charge < -0.3 is 5.11 Å². The molecule has 0 amide bonds. The van der Waals surface area contributed by atoms with E-state index in [-0.39, 0.29) is 5.78 Å². The van der Waals surface area contributed by atoms with E-state index in [4.69, 9.17) is 5.11 Å². The fourth-order valence-electron chi connectivity index (χ4n) is 0.821. The Labute approximate surface area is 99.5 Å². The minimum absolute atomic E-state index is 0.150. The lowest BCUT2D eigenvalue weighted by atomic mass is 10.2. The van der Waals surface area contributed by atoms with Gasteiger partial charge in [-0.25, -0.2) is 0 Å². The summed E-state index contributed by atoms with van der Waals surface area (Å²) in [5.41, 5.74) is 1.30. The van der Waals surface area contributed by atoms with E-state index in [1.54, 1.807) is 6.92 Å². The van der Waals surface area contributed by atoms with Crippen LogP contribution in [-0.2, 0) is 4.79 Å². The van der Waals surface area contributed by atoms with Crippen molar-refractivity contribution < 1.29 is 9.90 Å². The Morgan fingerprint density at radius 2 is 1.87 bits per heavy atom. The molecule has 3 heteroatoms. The van der Waals surface area contributed by atoms with Gasteiger partial charge in [0, 0.05) is 4.47 Å². The van der Waals surface area contributed by atoms with Crippen LogP contribution < -0.4 is 0 Å². The van der Waals surface area contributed by atoms with E-state index in [0.29, 0.717) is 6.42 Å². The SMILES string of the molecule is CCC(O)C(C)=O.Cc1ccc(Br)cc1. The molecule has 1 atom stereocenters. The second kappa shape index (κ2) is 7.60. The molecule has 0 radical (unpaired) electrons. The Morgan fingerprint density at radius 3 is 2.07 bits per heavy atom. The highest BCUT2D eigenvalue weighted by Crippen LogP contribution is 2.08. The maximum absolute atomic E-state index is 10.1. The van der Waals surface area contributed by atoms with Crippen molar-refractivity contribution in [3.8, 4) is 0 Å². The Balaban J connectivity index is 0.000000265. The fourth-order valence-corrected chi connectivity index (χ4v) is 1.09. The van der Waals surface area contributed by atoms with Crippen LogP contribution in [-0.4, -0.2) is 17.0 Å². The lowest BCUT2D eigenvalue weighted by Crippen LogP contribution is -2.14. The van der Waals surface area contributed by atoms with Gasteiger partial charge in [-0.3, -0.25) is 4.79 Å². The summed E-state index contributed by atoms with van der Waals surface area (Å²) in [6, 6.07) is 8.22. The van der Waals surface area contributed by atoms with Crippen LogP contribution in [0.1, 0.15) is 25.8 Å². The van der Waals surface area contributed by atoms with E-state index in [1.165, 1.54) is 12.5 Å². The molecule has 0 saturated carbocycles. The largest absolute Gasteiger partial charge is 0.385 e. The Morgan fingerprint density at radius 1 is 1.40 bits per heavy atom. The van der Waals surface area contributed by atoms with Crippen LogP contribution in [0, 0.1) is 6.92 Å². The first kappa shape index (κ1) is 14.3. The summed E-state index contributed by atoms with van der Waals surface area (Å²) in [5.74, 6) is -0.150. The second-order valence-corrected chi connectivity index (χ2v) is 4.25. The van der Waals surface area contributed by atoms with Gasteiger partial charge in [-0.1, -0.05) is 40.5 Å². The van der Waals surface area contributed by atoms with E-state index in [2.05, 4.69) is 35.0 Å². The monoisotopic (exact) mass is 272 g/mol. The summed E-state index contributed by atoms with van der Waals surface area (Å²) in [6.07, 6.45) is -0.213. The third kappa shape index (κ3) is 7.28. The van der Waals surface area contributed by atoms with Gasteiger partial charge in [-0.15, -0.1) is 0 Å². The molecule has 2 nitrogen and oxygen atoms in total. The third-order valence-electron chi connectivity index (χ3n) is 1.87. The minimum Gasteiger partial charge on any atom is -0.385 e. The van der Waals surface area contributed by atoms with E-state index in [1.807, 2.05) is 12.1 Å². The Hall–Kier alpha value is -0.670. The molecule has 1 N–H and O–H groups in total. The van der Waals surface area contributed by atoms with E-state index >= 15 is 0 Å². The van der Waals surface area contributed by atoms with Crippen molar-refractivity contribution in [2.75, 3.05) is 0 Å². The molecule has 0 spiro atoms. The van der Waals surface area contributed by atoms with Crippen molar-refractivity contribution >= 4 is 21.7 Å². The molecule has 15 heavy (non-hydrogen) atoms. The zero-order chi connectivity index (χ0) is 11.8. The van der Waals surface area contributed by atoms with Gasteiger partial charge in [0.25, 0.3) is 0 Å². The second-order valence-electron chi connectivity index (χ2n) is 3.33. The van der Waals surface area contributed by atoms with Crippen molar-refractivity contribution in [2.24, 2.45) is 0 Å². The molecule has 0 saturated heterocycles. The first-order valence-electron chi connectivity index (χ1n) is 4.88. The average molecular weight is 273 g/mol. The number of Topliss-reactive ketones (excluding diaryl/α,β-unsaturated/α-hetero) is 1. The molecule has 0 aromatic heterocycles. The Kier molecular flexibility index (Phi) is 7.26. The van der Waals surface area contributed by atoms with Crippen molar-refractivity contribution in [3.63, 3.8) is 0 Å². The summed E-state index contributed by atoms with van der Waals surface area (Å²) < 4.78 is 1.14.